The molecule has 0 aliphatic rings. The van der Waals surface area contributed by atoms with Crippen LogP contribution in [0, 0.1) is 0 Å². The number of carbonyl (C=O) groups is 2. The zero-order valence-electron chi connectivity index (χ0n) is 5.34. The van der Waals surface area contributed by atoms with Gasteiger partial charge >= 0.3 is 59.0 Å². The van der Waals surface area contributed by atoms with Crippen molar-refractivity contribution in [2.45, 2.75) is 13.8 Å². The van der Waals surface area contributed by atoms with E-state index < -0.39 is 16.1 Å². The van der Waals surface area contributed by atoms with Gasteiger partial charge in [0.25, 0.3) is 0 Å². The van der Waals surface area contributed by atoms with Gasteiger partial charge in [0.1, 0.15) is 0 Å². The van der Waals surface area contributed by atoms with Gasteiger partial charge in [0.15, 0.2) is 0 Å². The Morgan fingerprint density at radius 2 is 1.44 bits per heavy atom. The van der Waals surface area contributed by atoms with Crippen LogP contribution in [0.15, 0.2) is 0 Å². The van der Waals surface area contributed by atoms with Gasteiger partial charge < -0.3 is 0 Å². The molecular weight excluding hydrogens is 185 g/mol. The Kier molecular flexibility index (Phi) is 4.12. The molecule has 0 rings (SSSR count). The normalized spacial score (nSPS) is 8.22. The van der Waals surface area contributed by atoms with E-state index in [-0.39, 0.29) is 11.9 Å². The van der Waals surface area contributed by atoms with E-state index in [1.807, 2.05) is 0 Å². The fourth-order valence-corrected chi connectivity index (χ4v) is 1.02. The van der Waals surface area contributed by atoms with Crippen molar-refractivity contribution in [3.63, 3.8) is 0 Å². The molecule has 9 heavy (non-hydrogen) atoms. The molecule has 0 aromatic heterocycles. The first-order chi connectivity index (χ1) is 4.13. The van der Waals surface area contributed by atoms with Crippen LogP contribution in [-0.4, -0.2) is 28.0 Å². The Bertz CT molecular complexity index is 108. The Balaban J connectivity index is 3.10. The van der Waals surface area contributed by atoms with Crippen molar-refractivity contribution in [3.8, 4) is 0 Å². The summed E-state index contributed by atoms with van der Waals surface area (Å²) in [5, 5.41) is 0. The summed E-state index contributed by atoms with van der Waals surface area (Å²) in [5.41, 5.74) is 0. The van der Waals surface area contributed by atoms with Crippen molar-refractivity contribution in [2.75, 3.05) is 0 Å². The van der Waals surface area contributed by atoms with Crippen LogP contribution in [0.5, 0.6) is 0 Å². The van der Waals surface area contributed by atoms with Gasteiger partial charge in [-0.15, -0.1) is 0 Å². The van der Waals surface area contributed by atoms with Crippen LogP contribution < -0.4 is 0 Å². The van der Waals surface area contributed by atoms with Gasteiger partial charge in [-0.1, -0.05) is 0 Å². The van der Waals surface area contributed by atoms with Crippen molar-refractivity contribution >= 4 is 28.0 Å². The molecule has 0 aromatic carbocycles. The fourth-order valence-electron chi connectivity index (χ4n) is 0.195. The summed E-state index contributed by atoms with van der Waals surface area (Å²) in [6, 6.07) is 0. The van der Waals surface area contributed by atoms with E-state index in [0.29, 0.717) is 0 Å². The molecule has 0 saturated carbocycles. The summed E-state index contributed by atoms with van der Waals surface area (Å²) in [6.45, 7) is 2.57. The zero-order valence-corrected chi connectivity index (χ0v) is 8.31. The molecule has 0 unspecified atom stereocenters. The van der Waals surface area contributed by atoms with Crippen LogP contribution in [0.2, 0.25) is 0 Å². The molecule has 0 aliphatic carbocycles. The Labute approximate surface area is 59.7 Å². The number of hydrogen-bond acceptors (Lipinski definition) is 4. The first-order valence-corrected chi connectivity index (χ1v) is 4.82. The van der Waals surface area contributed by atoms with Crippen LogP contribution in [0.1, 0.15) is 13.8 Å². The van der Waals surface area contributed by atoms with E-state index in [4.69, 9.17) is 0 Å². The molecule has 0 N–H and O–H groups in total. The summed E-state index contributed by atoms with van der Waals surface area (Å²) >= 11 is -1.77. The van der Waals surface area contributed by atoms with E-state index >= 15 is 0 Å². The van der Waals surface area contributed by atoms with E-state index in [1.54, 1.807) is 0 Å². The molecule has 0 bridgehead atoms. The molecule has 52 valence electrons. The van der Waals surface area contributed by atoms with E-state index in [0.717, 1.165) is 0 Å². The molecule has 0 radical (unpaired) electrons. The summed E-state index contributed by atoms with van der Waals surface area (Å²) in [4.78, 5) is 20.1. The zero-order chi connectivity index (χ0) is 7.28. The minimum absolute atomic E-state index is 0.378. The van der Waals surface area contributed by atoms with Crippen LogP contribution >= 0.6 is 0 Å². The number of rotatable bonds is 2. The minimum atomic E-state index is -1.77. The van der Waals surface area contributed by atoms with E-state index in [2.05, 4.69) is 7.53 Å². The van der Waals surface area contributed by atoms with Gasteiger partial charge in [-0.05, 0) is 0 Å². The Morgan fingerprint density at radius 3 is 1.67 bits per heavy atom. The molecule has 0 aromatic rings. The van der Waals surface area contributed by atoms with Gasteiger partial charge in [-0.25, -0.2) is 0 Å². The van der Waals surface area contributed by atoms with E-state index in [1.165, 1.54) is 13.8 Å². The third-order valence-electron chi connectivity index (χ3n) is 0.524. The average Bonchev–Trinajstić information content (AvgIpc) is 1.63. The van der Waals surface area contributed by atoms with E-state index in [9.17, 15) is 9.59 Å². The van der Waals surface area contributed by atoms with Crippen molar-refractivity contribution in [2.24, 2.45) is 0 Å². The quantitative estimate of drug-likeness (QED) is 0.533. The topological polar surface area (TPSA) is 52.6 Å². The predicted molar refractivity (Wildman–Crippen MR) is 32.1 cm³/mol. The molecule has 0 amide bonds. The van der Waals surface area contributed by atoms with Crippen molar-refractivity contribution in [1.29, 1.82) is 0 Å². The fraction of sp³-hybridized carbons (Fsp3) is 0.500. The summed E-state index contributed by atoms with van der Waals surface area (Å²) in [7, 11) is 0. The predicted octanol–water partition coefficient (Wildman–Crippen LogP) is -0.889. The van der Waals surface area contributed by atoms with Crippen LogP contribution in [0.4, 0.5) is 0 Å². The molecule has 4 nitrogen and oxygen atoms in total. The second-order valence-electron chi connectivity index (χ2n) is 1.39. The van der Waals surface area contributed by atoms with Gasteiger partial charge in [-0.2, -0.15) is 0 Å². The maximum atomic E-state index is 10.1. The second kappa shape index (κ2) is 4.37. The molecule has 0 heterocycles. The maximum absolute atomic E-state index is 10.1. The third kappa shape index (κ3) is 7.48. The Hall–Kier alpha value is -0.517. The molecule has 0 spiro atoms. The first-order valence-electron chi connectivity index (χ1n) is 2.39. The summed E-state index contributed by atoms with van der Waals surface area (Å²) in [6.07, 6.45) is 0. The summed E-state index contributed by atoms with van der Waals surface area (Å²) in [5.74, 6) is -0.757. The molecule has 0 fully saturated rings. The third-order valence-corrected chi connectivity index (χ3v) is 2.72. The second-order valence-corrected chi connectivity index (χ2v) is 3.10. The van der Waals surface area contributed by atoms with Crippen LogP contribution in [-0.2, 0) is 17.1 Å². The average molecular weight is 193 g/mol. The molecule has 0 atom stereocenters. The summed E-state index contributed by atoms with van der Waals surface area (Å²) < 4.78 is 8.92. The van der Waals surface area contributed by atoms with Gasteiger partial charge in [-0.3, -0.25) is 0 Å². The molecule has 0 aliphatic heterocycles. The molecular formula is C4H8GeO4. The van der Waals surface area contributed by atoms with Gasteiger partial charge in [0.05, 0.1) is 0 Å². The Morgan fingerprint density at radius 1 is 1.11 bits per heavy atom. The standard InChI is InChI=1S/C4H8GeO4/c1-3(6)8-5-9-4(2)7/h5H2,1-2H3. The number of carbonyl (C=O) groups excluding carboxylic acids is 2. The van der Waals surface area contributed by atoms with Gasteiger partial charge in [0.2, 0.25) is 0 Å². The monoisotopic (exact) mass is 194 g/mol. The van der Waals surface area contributed by atoms with Crippen molar-refractivity contribution < 1.29 is 17.1 Å². The van der Waals surface area contributed by atoms with Crippen LogP contribution in [0.3, 0.4) is 0 Å². The molecule has 0 saturated heterocycles. The SMILES string of the molecule is CC(=O)[O][GeH2][O]C(C)=O. The van der Waals surface area contributed by atoms with Gasteiger partial charge in [0, 0.05) is 0 Å². The van der Waals surface area contributed by atoms with Crippen LogP contribution in [0.25, 0.3) is 0 Å². The van der Waals surface area contributed by atoms with Crippen molar-refractivity contribution in [1.82, 2.24) is 0 Å². The first kappa shape index (κ1) is 8.48. The van der Waals surface area contributed by atoms with Crippen molar-refractivity contribution in [3.05, 3.63) is 0 Å². The number of hydrogen-bond donors (Lipinski definition) is 0. The molecule has 5 heteroatoms.